The van der Waals surface area contributed by atoms with E-state index < -0.39 is 0 Å². The fourth-order valence-electron chi connectivity index (χ4n) is 2.10. The lowest BCUT2D eigenvalue weighted by atomic mass is 10.2. The monoisotopic (exact) mass is 379 g/mol. The first-order valence-electron chi connectivity index (χ1n) is 6.46. The van der Waals surface area contributed by atoms with Gasteiger partial charge in [0.05, 0.1) is 9.26 Å². The van der Waals surface area contributed by atoms with Crippen LogP contribution >= 0.6 is 22.6 Å². The van der Waals surface area contributed by atoms with Crippen molar-refractivity contribution in [2.24, 2.45) is 0 Å². The molecular weight excluding hydrogens is 365 g/mol. The van der Waals surface area contributed by atoms with E-state index in [1.54, 1.807) is 0 Å². The Labute approximate surface area is 130 Å². The van der Waals surface area contributed by atoms with Crippen molar-refractivity contribution in [2.75, 3.05) is 12.4 Å². The topological polar surface area (TPSA) is 51.0 Å². The third-order valence-electron chi connectivity index (χ3n) is 3.14. The number of furan rings is 1. The number of aromatic nitrogens is 2. The molecule has 0 spiro atoms. The van der Waals surface area contributed by atoms with E-state index >= 15 is 0 Å². The van der Waals surface area contributed by atoms with Gasteiger partial charge in [-0.1, -0.05) is 25.1 Å². The summed E-state index contributed by atoms with van der Waals surface area (Å²) in [7, 11) is 1.87. The van der Waals surface area contributed by atoms with Crippen molar-refractivity contribution in [1.82, 2.24) is 9.97 Å². The number of benzene rings is 1. The second-order valence-corrected chi connectivity index (χ2v) is 5.49. The zero-order valence-corrected chi connectivity index (χ0v) is 13.4. The maximum absolute atomic E-state index is 5.84. The Balaban J connectivity index is 2.18. The lowest BCUT2D eigenvalue weighted by molar-refractivity contribution is 0.624. The molecule has 1 N–H and O–H groups in total. The van der Waals surface area contributed by atoms with Gasteiger partial charge in [-0.05, 0) is 41.1 Å². The Kier molecular flexibility index (Phi) is 3.60. The Morgan fingerprint density at radius 1 is 1.25 bits per heavy atom. The minimum absolute atomic E-state index is 0.628. The van der Waals surface area contributed by atoms with Crippen molar-refractivity contribution in [3.8, 4) is 11.6 Å². The number of hydrogen-bond donors (Lipinski definition) is 1. The highest BCUT2D eigenvalue weighted by Crippen LogP contribution is 2.28. The molecule has 2 heterocycles. The third-order valence-corrected chi connectivity index (χ3v) is 4.27. The first-order chi connectivity index (χ1) is 9.72. The third kappa shape index (κ3) is 2.26. The zero-order valence-electron chi connectivity index (χ0n) is 11.3. The van der Waals surface area contributed by atoms with Gasteiger partial charge in [0, 0.05) is 12.4 Å². The standard InChI is InChI=1S/C15H14IN3O/c1-3-10-13(16)15(17-2)19-14(18-10)12-8-9-6-4-5-7-11(9)20-12/h4-8H,3H2,1-2H3,(H,17,18,19). The summed E-state index contributed by atoms with van der Waals surface area (Å²) >= 11 is 2.27. The molecule has 102 valence electrons. The van der Waals surface area contributed by atoms with Gasteiger partial charge in [-0.25, -0.2) is 9.97 Å². The molecule has 0 atom stereocenters. The number of nitrogens with one attached hydrogen (secondary N) is 1. The molecule has 0 unspecified atom stereocenters. The fourth-order valence-corrected chi connectivity index (χ4v) is 2.99. The van der Waals surface area contributed by atoms with E-state index in [1.807, 2.05) is 37.4 Å². The van der Waals surface area contributed by atoms with Crippen molar-refractivity contribution in [1.29, 1.82) is 0 Å². The number of aryl methyl sites for hydroxylation is 1. The van der Waals surface area contributed by atoms with Gasteiger partial charge < -0.3 is 9.73 Å². The maximum atomic E-state index is 5.84. The molecule has 2 aromatic heterocycles. The van der Waals surface area contributed by atoms with Gasteiger partial charge in [-0.2, -0.15) is 0 Å². The minimum atomic E-state index is 0.628. The molecule has 0 saturated heterocycles. The van der Waals surface area contributed by atoms with Gasteiger partial charge in [0.2, 0.25) is 0 Å². The number of para-hydroxylation sites is 1. The van der Waals surface area contributed by atoms with E-state index in [0.717, 1.165) is 32.5 Å². The number of hydrogen-bond acceptors (Lipinski definition) is 4. The molecule has 0 radical (unpaired) electrons. The number of rotatable bonds is 3. The van der Waals surface area contributed by atoms with Crippen LogP contribution < -0.4 is 5.32 Å². The summed E-state index contributed by atoms with van der Waals surface area (Å²) in [5.41, 5.74) is 1.88. The zero-order chi connectivity index (χ0) is 14.1. The Bertz CT molecular complexity index is 709. The summed E-state index contributed by atoms with van der Waals surface area (Å²) in [6, 6.07) is 9.91. The average Bonchev–Trinajstić information content (AvgIpc) is 2.91. The van der Waals surface area contributed by atoms with E-state index in [1.165, 1.54) is 0 Å². The summed E-state index contributed by atoms with van der Waals surface area (Å²) in [4.78, 5) is 9.15. The molecule has 0 saturated carbocycles. The van der Waals surface area contributed by atoms with Gasteiger partial charge in [-0.3, -0.25) is 0 Å². The van der Waals surface area contributed by atoms with Gasteiger partial charge in [0.15, 0.2) is 11.6 Å². The second-order valence-electron chi connectivity index (χ2n) is 4.41. The molecule has 0 amide bonds. The SMILES string of the molecule is CCc1nc(-c2cc3ccccc3o2)nc(NC)c1I. The van der Waals surface area contributed by atoms with Crippen LogP contribution in [0.3, 0.4) is 0 Å². The Hall–Kier alpha value is -1.63. The Morgan fingerprint density at radius 2 is 2.05 bits per heavy atom. The Morgan fingerprint density at radius 3 is 2.75 bits per heavy atom. The highest BCUT2D eigenvalue weighted by atomic mass is 127. The second kappa shape index (κ2) is 5.40. The number of nitrogens with zero attached hydrogens (tertiary/aromatic N) is 2. The summed E-state index contributed by atoms with van der Waals surface area (Å²) in [6.45, 7) is 2.09. The molecule has 5 heteroatoms. The van der Waals surface area contributed by atoms with Crippen molar-refractivity contribution < 1.29 is 4.42 Å². The predicted molar refractivity (Wildman–Crippen MR) is 88.9 cm³/mol. The van der Waals surface area contributed by atoms with Gasteiger partial charge >= 0.3 is 0 Å². The normalized spacial score (nSPS) is 10.9. The molecule has 0 aliphatic carbocycles. The van der Waals surface area contributed by atoms with E-state index in [-0.39, 0.29) is 0 Å². The van der Waals surface area contributed by atoms with Crippen LogP contribution in [0.1, 0.15) is 12.6 Å². The van der Waals surface area contributed by atoms with Crippen molar-refractivity contribution in [2.45, 2.75) is 13.3 Å². The molecule has 0 bridgehead atoms. The molecule has 0 fully saturated rings. The molecule has 20 heavy (non-hydrogen) atoms. The first kappa shape index (κ1) is 13.4. The van der Waals surface area contributed by atoms with Crippen LogP contribution in [0, 0.1) is 3.57 Å². The van der Waals surface area contributed by atoms with E-state index in [4.69, 9.17) is 4.42 Å². The molecule has 3 aromatic rings. The van der Waals surface area contributed by atoms with Crippen LogP contribution in [0.2, 0.25) is 0 Å². The van der Waals surface area contributed by atoms with Crippen LogP contribution in [-0.2, 0) is 6.42 Å². The highest BCUT2D eigenvalue weighted by molar-refractivity contribution is 14.1. The smallest absolute Gasteiger partial charge is 0.197 e. The summed E-state index contributed by atoms with van der Waals surface area (Å²) in [5.74, 6) is 2.17. The lowest BCUT2D eigenvalue weighted by Gasteiger charge is -2.08. The van der Waals surface area contributed by atoms with Gasteiger partial charge in [0.1, 0.15) is 11.4 Å². The van der Waals surface area contributed by atoms with Crippen LogP contribution in [0.25, 0.3) is 22.6 Å². The molecule has 0 aliphatic rings. The fraction of sp³-hybridized carbons (Fsp3) is 0.200. The van der Waals surface area contributed by atoms with Crippen LogP contribution in [0.15, 0.2) is 34.7 Å². The quantitative estimate of drug-likeness (QED) is 0.697. The maximum Gasteiger partial charge on any atom is 0.197 e. The predicted octanol–water partition coefficient (Wildman–Crippen LogP) is 4.10. The van der Waals surface area contributed by atoms with Crippen LogP contribution in [0.4, 0.5) is 5.82 Å². The van der Waals surface area contributed by atoms with Crippen LogP contribution in [-0.4, -0.2) is 17.0 Å². The van der Waals surface area contributed by atoms with Gasteiger partial charge in [0.25, 0.3) is 0 Å². The molecule has 1 aromatic carbocycles. The van der Waals surface area contributed by atoms with Gasteiger partial charge in [-0.15, -0.1) is 0 Å². The van der Waals surface area contributed by atoms with E-state index in [0.29, 0.717) is 11.6 Å². The number of fused-ring (bicyclic) bond motifs is 1. The van der Waals surface area contributed by atoms with E-state index in [2.05, 4.69) is 44.8 Å². The number of anilines is 1. The van der Waals surface area contributed by atoms with E-state index in [9.17, 15) is 0 Å². The van der Waals surface area contributed by atoms with Crippen LogP contribution in [0.5, 0.6) is 0 Å². The summed E-state index contributed by atoms with van der Waals surface area (Å²) < 4.78 is 6.90. The summed E-state index contributed by atoms with van der Waals surface area (Å²) in [5, 5.41) is 4.18. The first-order valence-corrected chi connectivity index (χ1v) is 7.54. The molecule has 3 rings (SSSR count). The average molecular weight is 379 g/mol. The van der Waals surface area contributed by atoms with Crippen molar-refractivity contribution >= 4 is 39.4 Å². The summed E-state index contributed by atoms with van der Waals surface area (Å²) in [6.07, 6.45) is 0.864. The highest BCUT2D eigenvalue weighted by Gasteiger charge is 2.14. The largest absolute Gasteiger partial charge is 0.453 e. The lowest BCUT2D eigenvalue weighted by Crippen LogP contribution is -2.04. The van der Waals surface area contributed by atoms with Crippen molar-refractivity contribution in [3.05, 3.63) is 39.6 Å². The number of halogens is 1. The minimum Gasteiger partial charge on any atom is -0.453 e. The molecule has 0 aliphatic heterocycles. The van der Waals surface area contributed by atoms with Crippen molar-refractivity contribution in [3.63, 3.8) is 0 Å². The molecular formula is C15H14IN3O. The molecule has 4 nitrogen and oxygen atoms in total.